The van der Waals surface area contributed by atoms with E-state index in [-0.39, 0.29) is 24.8 Å². The van der Waals surface area contributed by atoms with Crippen LogP contribution in [0.5, 0.6) is 0 Å². The summed E-state index contributed by atoms with van der Waals surface area (Å²) >= 11 is 3.34. The van der Waals surface area contributed by atoms with E-state index in [1.807, 2.05) is 60.7 Å². The molecule has 0 aromatic heterocycles. The molecule has 1 aliphatic rings. The van der Waals surface area contributed by atoms with E-state index in [1.165, 1.54) is 14.2 Å². The predicted molar refractivity (Wildman–Crippen MR) is 185 cm³/mol. The van der Waals surface area contributed by atoms with Gasteiger partial charge in [0.25, 0.3) is 0 Å². The molecule has 47 heavy (non-hydrogen) atoms. The molecule has 248 valence electrons. The smallest absolute Gasteiger partial charge is 0.338 e. The van der Waals surface area contributed by atoms with Gasteiger partial charge in [-0.3, -0.25) is 4.84 Å². The van der Waals surface area contributed by atoms with Crippen LogP contribution in [0.25, 0.3) is 0 Å². The number of hydrogen-bond acceptors (Lipinski definition) is 10. The number of aliphatic hydroxyl groups is 1. The summed E-state index contributed by atoms with van der Waals surface area (Å²) in [5, 5.41) is 9.00. The van der Waals surface area contributed by atoms with Gasteiger partial charge in [0.1, 0.15) is 0 Å². The van der Waals surface area contributed by atoms with Crippen LogP contribution in [0.15, 0.2) is 107 Å². The number of hydroxylamine groups is 1. The van der Waals surface area contributed by atoms with Crippen LogP contribution < -0.4 is 5.48 Å². The minimum Gasteiger partial charge on any atom is -0.465 e. The topological polar surface area (TPSA) is 103 Å². The lowest BCUT2D eigenvalue weighted by Crippen LogP contribution is -2.29. The Bertz CT molecular complexity index is 1540. The minimum atomic E-state index is -0.308. The summed E-state index contributed by atoms with van der Waals surface area (Å²) in [7, 11) is 2.79. The molecule has 8 nitrogen and oxygen atoms in total. The molecule has 4 aromatic carbocycles. The summed E-state index contributed by atoms with van der Waals surface area (Å²) in [6.45, 7) is 1.46. The molecule has 0 amide bonds. The van der Waals surface area contributed by atoms with Crippen molar-refractivity contribution in [2.24, 2.45) is 0 Å². The molecular formula is C37H41NO7S2. The number of esters is 2. The van der Waals surface area contributed by atoms with Crippen molar-refractivity contribution in [3.8, 4) is 0 Å². The molecule has 5 rings (SSSR count). The second kappa shape index (κ2) is 19.9. The Morgan fingerprint density at radius 2 is 1.26 bits per heavy atom. The maximum atomic E-state index is 11.8. The summed E-state index contributed by atoms with van der Waals surface area (Å²) in [6, 6.07) is 31.0. The highest BCUT2D eigenvalue weighted by Gasteiger charge is 2.14. The lowest BCUT2D eigenvalue weighted by atomic mass is 10.1. The van der Waals surface area contributed by atoms with Gasteiger partial charge < -0.3 is 19.3 Å². The summed E-state index contributed by atoms with van der Waals surface area (Å²) in [5.74, 6) is 0.806. The average Bonchev–Trinajstić information content (AvgIpc) is 3.14. The number of benzene rings is 4. The quantitative estimate of drug-likeness (QED) is 0.0838. The number of carbonyl (C=O) groups excluding carboxylic acids is 2. The fourth-order valence-electron chi connectivity index (χ4n) is 4.65. The minimum absolute atomic E-state index is 0.0517. The maximum absolute atomic E-state index is 11.8. The first-order chi connectivity index (χ1) is 23.0. The number of hydrogen-bond donors (Lipinski definition) is 2. The van der Waals surface area contributed by atoms with Crippen LogP contribution in [0.4, 0.5) is 0 Å². The Balaban J connectivity index is 0.000000223. The first-order valence-corrected chi connectivity index (χ1v) is 17.3. The van der Waals surface area contributed by atoms with E-state index in [9.17, 15) is 9.59 Å². The Labute approximate surface area is 285 Å². The van der Waals surface area contributed by atoms with Crippen LogP contribution >= 0.6 is 23.5 Å². The van der Waals surface area contributed by atoms with Gasteiger partial charge in [-0.05, 0) is 71.5 Å². The zero-order chi connectivity index (χ0) is 33.3. The Morgan fingerprint density at radius 3 is 1.72 bits per heavy atom. The van der Waals surface area contributed by atoms with Crippen molar-refractivity contribution in [3.05, 3.63) is 130 Å². The summed E-state index contributed by atoms with van der Waals surface area (Å²) in [5.41, 5.74) is 8.18. The molecule has 0 saturated carbocycles. The average molecular weight is 676 g/mol. The molecule has 4 aromatic rings. The number of rotatable bonds is 13. The Morgan fingerprint density at radius 1 is 0.745 bits per heavy atom. The molecule has 0 spiro atoms. The van der Waals surface area contributed by atoms with E-state index in [2.05, 4.69) is 29.7 Å². The molecule has 0 aliphatic carbocycles. The predicted octanol–water partition coefficient (Wildman–Crippen LogP) is 7.57. The first-order valence-electron chi connectivity index (χ1n) is 15.4. The molecule has 0 radical (unpaired) electrons. The number of methoxy groups -OCH3 is 2. The zero-order valence-electron chi connectivity index (χ0n) is 26.7. The van der Waals surface area contributed by atoms with Crippen molar-refractivity contribution in [3.63, 3.8) is 0 Å². The number of ether oxygens (including phenoxy) is 3. The van der Waals surface area contributed by atoms with E-state index in [0.717, 1.165) is 57.9 Å². The van der Waals surface area contributed by atoms with Crippen LogP contribution in [-0.4, -0.2) is 44.2 Å². The zero-order valence-corrected chi connectivity index (χ0v) is 28.3. The van der Waals surface area contributed by atoms with Crippen molar-refractivity contribution in [1.29, 1.82) is 0 Å². The molecule has 2 N–H and O–H groups in total. The fourth-order valence-corrected chi connectivity index (χ4v) is 6.45. The van der Waals surface area contributed by atoms with Crippen LogP contribution in [0, 0.1) is 0 Å². The van der Waals surface area contributed by atoms with Gasteiger partial charge in [0.05, 0.1) is 32.0 Å². The van der Waals surface area contributed by atoms with Gasteiger partial charge in [-0.1, -0.05) is 60.7 Å². The van der Waals surface area contributed by atoms with Crippen molar-refractivity contribution in [2.45, 2.75) is 60.0 Å². The van der Waals surface area contributed by atoms with Gasteiger partial charge in [-0.15, -0.1) is 23.5 Å². The van der Waals surface area contributed by atoms with Gasteiger partial charge in [0.2, 0.25) is 0 Å². The van der Waals surface area contributed by atoms with Gasteiger partial charge in [-0.25, -0.2) is 9.59 Å². The molecule has 1 unspecified atom stereocenters. The SMILES string of the molecule is COC(=O)c1ccccc1CSc1ccc(CNOC2CCCCO2)cc1.COC(=O)c1ccccc1CSc1ccc(CO)cc1. The van der Waals surface area contributed by atoms with E-state index in [1.54, 1.807) is 35.7 Å². The summed E-state index contributed by atoms with van der Waals surface area (Å²) < 4.78 is 15.2. The van der Waals surface area contributed by atoms with Gasteiger partial charge in [0, 0.05) is 40.9 Å². The summed E-state index contributed by atoms with van der Waals surface area (Å²) in [4.78, 5) is 31.3. The van der Waals surface area contributed by atoms with E-state index >= 15 is 0 Å². The van der Waals surface area contributed by atoms with Crippen molar-refractivity contribution < 1.29 is 33.7 Å². The lowest BCUT2D eigenvalue weighted by molar-refractivity contribution is -0.198. The fraction of sp³-hybridized carbons (Fsp3) is 0.297. The standard InChI is InChI=1S/C21H25NO4S.C16H16O3S/c1-24-21(23)19-7-3-2-6-17(19)15-27-18-11-9-16(10-12-18)14-22-26-20-8-4-5-13-25-20;1-19-16(18)15-5-3-2-4-13(15)11-20-14-8-6-12(10-17)7-9-14/h2-3,6-7,9-12,20,22H,4-5,8,13-15H2,1H3;2-9,17H,10-11H2,1H3. The highest BCUT2D eigenvalue weighted by atomic mass is 32.2. The normalized spacial score (nSPS) is 14.1. The van der Waals surface area contributed by atoms with Crippen molar-refractivity contribution >= 4 is 35.5 Å². The molecule has 1 heterocycles. The van der Waals surface area contributed by atoms with Crippen molar-refractivity contribution in [1.82, 2.24) is 5.48 Å². The van der Waals surface area contributed by atoms with Crippen LogP contribution in [-0.2, 0) is 43.7 Å². The second-order valence-electron chi connectivity index (χ2n) is 10.6. The number of thioether (sulfide) groups is 2. The number of nitrogens with one attached hydrogen (secondary N) is 1. The molecule has 1 atom stereocenters. The highest BCUT2D eigenvalue weighted by Crippen LogP contribution is 2.26. The van der Waals surface area contributed by atoms with Crippen LogP contribution in [0.1, 0.15) is 62.2 Å². The molecule has 0 bridgehead atoms. The van der Waals surface area contributed by atoms with Crippen molar-refractivity contribution in [2.75, 3.05) is 20.8 Å². The summed E-state index contributed by atoms with van der Waals surface area (Å²) in [6.07, 6.45) is 3.07. The third kappa shape index (κ3) is 11.8. The van der Waals surface area contributed by atoms with Gasteiger partial charge in [-0.2, -0.15) is 5.48 Å². The number of carbonyl (C=O) groups is 2. The first kappa shape index (κ1) is 36.2. The second-order valence-corrected chi connectivity index (χ2v) is 12.7. The van der Waals surface area contributed by atoms with Gasteiger partial charge in [0.15, 0.2) is 6.29 Å². The lowest BCUT2D eigenvalue weighted by Gasteiger charge is -2.22. The molecule has 10 heteroatoms. The van der Waals surface area contributed by atoms with E-state index in [4.69, 9.17) is 24.2 Å². The molecule has 1 aliphatic heterocycles. The monoisotopic (exact) mass is 675 g/mol. The Hall–Kier alpha value is -3.64. The molecule has 1 fully saturated rings. The number of aliphatic hydroxyl groups excluding tert-OH is 1. The maximum Gasteiger partial charge on any atom is 0.338 e. The largest absolute Gasteiger partial charge is 0.465 e. The van der Waals surface area contributed by atoms with Crippen LogP contribution in [0.3, 0.4) is 0 Å². The highest BCUT2D eigenvalue weighted by molar-refractivity contribution is 7.98. The van der Waals surface area contributed by atoms with Crippen LogP contribution in [0.2, 0.25) is 0 Å². The third-order valence-corrected chi connectivity index (χ3v) is 9.41. The van der Waals surface area contributed by atoms with E-state index in [0.29, 0.717) is 29.2 Å². The third-order valence-electron chi connectivity index (χ3n) is 7.29. The molecule has 1 saturated heterocycles. The Kier molecular flexibility index (Phi) is 15.3. The molecular weight excluding hydrogens is 635 g/mol. The van der Waals surface area contributed by atoms with E-state index < -0.39 is 0 Å². The van der Waals surface area contributed by atoms with Gasteiger partial charge >= 0.3 is 11.9 Å².